The van der Waals surface area contributed by atoms with Crippen LogP contribution >= 0.6 is 11.6 Å². The van der Waals surface area contributed by atoms with Gasteiger partial charge in [0.15, 0.2) is 6.61 Å². The number of piperazine rings is 1. The molecule has 1 saturated carbocycles. The maximum Gasteiger partial charge on any atom is 0.260 e. The molecule has 0 atom stereocenters. The van der Waals surface area contributed by atoms with Gasteiger partial charge in [-0.3, -0.25) is 9.69 Å². The highest BCUT2D eigenvalue weighted by atomic mass is 35.5. The van der Waals surface area contributed by atoms with E-state index in [1.807, 2.05) is 4.90 Å². The van der Waals surface area contributed by atoms with Crippen molar-refractivity contribution in [3.8, 4) is 5.75 Å². The topological polar surface area (TPSA) is 32.8 Å². The molecule has 1 aromatic carbocycles. The quantitative estimate of drug-likeness (QED) is 0.852. The molecule has 5 heteroatoms. The van der Waals surface area contributed by atoms with Gasteiger partial charge in [0.2, 0.25) is 0 Å². The first kappa shape index (κ1) is 13.7. The third-order valence-corrected chi connectivity index (χ3v) is 4.16. The molecule has 1 aromatic rings. The minimum atomic E-state index is 0.0652. The Morgan fingerprint density at radius 2 is 1.80 bits per heavy atom. The highest BCUT2D eigenvalue weighted by Gasteiger charge is 2.32. The van der Waals surface area contributed by atoms with Crippen molar-refractivity contribution >= 4 is 17.5 Å². The summed E-state index contributed by atoms with van der Waals surface area (Å²) in [5.74, 6) is 0.745. The number of benzene rings is 1. The van der Waals surface area contributed by atoms with Gasteiger partial charge in [0.1, 0.15) is 5.75 Å². The van der Waals surface area contributed by atoms with Crippen LogP contribution in [0.2, 0.25) is 5.02 Å². The van der Waals surface area contributed by atoms with Gasteiger partial charge >= 0.3 is 0 Å². The maximum atomic E-state index is 12.1. The summed E-state index contributed by atoms with van der Waals surface area (Å²) in [6, 6.07) is 7.87. The molecule has 1 heterocycles. The summed E-state index contributed by atoms with van der Waals surface area (Å²) < 4.78 is 5.50. The summed E-state index contributed by atoms with van der Waals surface area (Å²) in [5, 5.41) is 0.667. The van der Waals surface area contributed by atoms with Crippen LogP contribution in [0, 0.1) is 0 Å². The lowest BCUT2D eigenvalue weighted by Crippen LogP contribution is -2.50. The second kappa shape index (κ2) is 6.02. The molecular formula is C15H19ClN2O2. The lowest BCUT2D eigenvalue weighted by molar-refractivity contribution is -0.135. The summed E-state index contributed by atoms with van der Waals surface area (Å²) in [4.78, 5) is 16.5. The van der Waals surface area contributed by atoms with Crippen molar-refractivity contribution < 1.29 is 9.53 Å². The normalized spacial score (nSPS) is 19.9. The maximum absolute atomic E-state index is 12.1. The smallest absolute Gasteiger partial charge is 0.260 e. The summed E-state index contributed by atoms with van der Waals surface area (Å²) in [5.41, 5.74) is 0. The largest absolute Gasteiger partial charge is 0.484 e. The molecule has 108 valence electrons. The van der Waals surface area contributed by atoms with E-state index in [4.69, 9.17) is 16.3 Å². The molecule has 1 aliphatic carbocycles. The summed E-state index contributed by atoms with van der Waals surface area (Å²) in [6.07, 6.45) is 2.65. The van der Waals surface area contributed by atoms with Gasteiger partial charge < -0.3 is 9.64 Å². The zero-order valence-electron chi connectivity index (χ0n) is 11.4. The van der Waals surface area contributed by atoms with Gasteiger partial charge in [0, 0.05) is 37.2 Å². The van der Waals surface area contributed by atoms with Crippen LogP contribution in [0.3, 0.4) is 0 Å². The fraction of sp³-hybridized carbons (Fsp3) is 0.533. The molecule has 4 nitrogen and oxygen atoms in total. The van der Waals surface area contributed by atoms with Crippen molar-refractivity contribution in [3.63, 3.8) is 0 Å². The predicted octanol–water partition coefficient (Wildman–Crippen LogP) is 2.03. The molecule has 1 aliphatic heterocycles. The minimum Gasteiger partial charge on any atom is -0.484 e. The van der Waals surface area contributed by atoms with Crippen LogP contribution in [-0.4, -0.2) is 54.5 Å². The first-order valence-corrected chi connectivity index (χ1v) is 7.50. The van der Waals surface area contributed by atoms with Crippen molar-refractivity contribution in [3.05, 3.63) is 29.3 Å². The van der Waals surface area contributed by atoms with Gasteiger partial charge in [-0.2, -0.15) is 0 Å². The Kier molecular flexibility index (Phi) is 4.13. The lowest BCUT2D eigenvalue weighted by Gasteiger charge is -2.34. The van der Waals surface area contributed by atoms with E-state index in [9.17, 15) is 4.79 Å². The second-order valence-electron chi connectivity index (χ2n) is 5.39. The average molecular weight is 295 g/mol. The molecule has 0 aromatic heterocycles. The van der Waals surface area contributed by atoms with Gasteiger partial charge in [0.25, 0.3) is 5.91 Å². The lowest BCUT2D eigenvalue weighted by atomic mass is 10.3. The summed E-state index contributed by atoms with van der Waals surface area (Å²) in [7, 11) is 0. The molecule has 20 heavy (non-hydrogen) atoms. The van der Waals surface area contributed by atoms with E-state index >= 15 is 0 Å². The Labute approximate surface area is 124 Å². The molecule has 1 amide bonds. The van der Waals surface area contributed by atoms with E-state index in [0.29, 0.717) is 10.8 Å². The Bertz CT molecular complexity index is 465. The molecule has 0 N–H and O–H groups in total. The van der Waals surface area contributed by atoms with Crippen LogP contribution in [0.5, 0.6) is 5.75 Å². The van der Waals surface area contributed by atoms with Crippen LogP contribution in [0.15, 0.2) is 24.3 Å². The number of halogens is 1. The van der Waals surface area contributed by atoms with Gasteiger partial charge in [-0.15, -0.1) is 0 Å². The van der Waals surface area contributed by atoms with E-state index in [-0.39, 0.29) is 12.5 Å². The Balaban J connectivity index is 1.43. The van der Waals surface area contributed by atoms with Crippen molar-refractivity contribution in [2.75, 3.05) is 32.8 Å². The Morgan fingerprint density at radius 3 is 2.40 bits per heavy atom. The molecule has 0 bridgehead atoms. The van der Waals surface area contributed by atoms with Gasteiger partial charge in [-0.05, 0) is 37.1 Å². The number of ether oxygens (including phenoxy) is 1. The van der Waals surface area contributed by atoms with Crippen molar-refractivity contribution in [1.29, 1.82) is 0 Å². The summed E-state index contributed by atoms with van der Waals surface area (Å²) >= 11 is 5.81. The minimum absolute atomic E-state index is 0.0652. The van der Waals surface area contributed by atoms with Crippen LogP contribution in [-0.2, 0) is 4.79 Å². The number of carbonyl (C=O) groups is 1. The fourth-order valence-corrected chi connectivity index (χ4v) is 2.67. The Hall–Kier alpha value is -1.26. The third-order valence-electron chi connectivity index (χ3n) is 3.91. The van der Waals surface area contributed by atoms with Crippen molar-refractivity contribution in [2.45, 2.75) is 18.9 Å². The zero-order valence-corrected chi connectivity index (χ0v) is 12.2. The molecule has 0 spiro atoms. The van der Waals surface area contributed by atoms with Gasteiger partial charge in [-0.25, -0.2) is 0 Å². The first-order chi connectivity index (χ1) is 9.72. The highest BCUT2D eigenvalue weighted by Crippen LogP contribution is 2.27. The van der Waals surface area contributed by atoms with E-state index in [1.54, 1.807) is 24.3 Å². The number of hydrogen-bond acceptors (Lipinski definition) is 3. The summed E-state index contributed by atoms with van der Waals surface area (Å²) in [6.45, 7) is 3.73. The third kappa shape index (κ3) is 3.44. The molecule has 2 aliphatic rings. The molecule has 3 rings (SSSR count). The van der Waals surface area contributed by atoms with E-state index in [2.05, 4.69) is 4.90 Å². The van der Waals surface area contributed by atoms with Crippen LogP contribution < -0.4 is 4.74 Å². The molecule has 2 fully saturated rings. The van der Waals surface area contributed by atoms with E-state index < -0.39 is 0 Å². The molecule has 0 radical (unpaired) electrons. The SMILES string of the molecule is O=C(COc1ccc(Cl)cc1)N1CCN(C2CC2)CC1. The number of hydrogen-bond donors (Lipinski definition) is 0. The van der Waals surface area contributed by atoms with E-state index in [0.717, 1.165) is 32.2 Å². The van der Waals surface area contributed by atoms with E-state index in [1.165, 1.54) is 12.8 Å². The standard InChI is InChI=1S/C15H19ClN2O2/c16-12-1-5-14(6-2-12)20-11-15(19)18-9-7-17(8-10-18)13-3-4-13/h1-2,5-6,13H,3-4,7-11H2. The Morgan fingerprint density at radius 1 is 1.15 bits per heavy atom. The number of carbonyl (C=O) groups excluding carboxylic acids is 1. The number of amides is 1. The second-order valence-corrected chi connectivity index (χ2v) is 5.83. The van der Waals surface area contributed by atoms with Crippen LogP contribution in [0.4, 0.5) is 0 Å². The van der Waals surface area contributed by atoms with Gasteiger partial charge in [0.05, 0.1) is 0 Å². The van der Waals surface area contributed by atoms with Crippen molar-refractivity contribution in [1.82, 2.24) is 9.80 Å². The molecular weight excluding hydrogens is 276 g/mol. The zero-order chi connectivity index (χ0) is 13.9. The predicted molar refractivity (Wildman–Crippen MR) is 78.1 cm³/mol. The van der Waals surface area contributed by atoms with Crippen LogP contribution in [0.1, 0.15) is 12.8 Å². The van der Waals surface area contributed by atoms with Crippen LogP contribution in [0.25, 0.3) is 0 Å². The fourth-order valence-electron chi connectivity index (χ4n) is 2.54. The average Bonchev–Trinajstić information content (AvgIpc) is 3.31. The number of rotatable bonds is 4. The number of nitrogens with zero attached hydrogens (tertiary/aromatic N) is 2. The first-order valence-electron chi connectivity index (χ1n) is 7.12. The molecule has 0 unspecified atom stereocenters. The van der Waals surface area contributed by atoms with Crippen molar-refractivity contribution in [2.24, 2.45) is 0 Å². The monoisotopic (exact) mass is 294 g/mol. The highest BCUT2D eigenvalue weighted by molar-refractivity contribution is 6.30. The molecule has 1 saturated heterocycles. The van der Waals surface area contributed by atoms with Gasteiger partial charge in [-0.1, -0.05) is 11.6 Å².